The number of halogens is 2. The Hall–Kier alpha value is -2.40. The van der Waals surface area contributed by atoms with Crippen LogP contribution in [-0.2, 0) is 0 Å². The molecule has 0 aliphatic heterocycles. The van der Waals surface area contributed by atoms with E-state index in [-0.39, 0.29) is 16.5 Å². The highest BCUT2D eigenvalue weighted by atomic mass is 35.5. The fourth-order valence-electron chi connectivity index (χ4n) is 1.82. The Morgan fingerprint density at radius 2 is 1.95 bits per heavy atom. The van der Waals surface area contributed by atoms with Gasteiger partial charge in [0.2, 0.25) is 5.82 Å². The molecule has 0 aliphatic carbocycles. The van der Waals surface area contributed by atoms with Crippen molar-refractivity contribution in [2.45, 2.75) is 0 Å². The van der Waals surface area contributed by atoms with Crippen LogP contribution in [-0.4, -0.2) is 10.1 Å². The summed E-state index contributed by atoms with van der Waals surface area (Å²) in [5.41, 5.74) is 7.06. The Bertz CT molecular complexity index is 752. The van der Waals surface area contributed by atoms with E-state index in [4.69, 9.17) is 21.9 Å². The van der Waals surface area contributed by atoms with Crippen LogP contribution in [0.5, 0.6) is 0 Å². The molecule has 3 rings (SSSR count). The summed E-state index contributed by atoms with van der Waals surface area (Å²) in [6.07, 6.45) is 0. The van der Waals surface area contributed by atoms with Gasteiger partial charge in [-0.25, -0.2) is 4.39 Å². The summed E-state index contributed by atoms with van der Waals surface area (Å²) in [5, 5.41) is 4.03. The molecule has 100 valence electrons. The van der Waals surface area contributed by atoms with Crippen molar-refractivity contribution < 1.29 is 8.91 Å². The van der Waals surface area contributed by atoms with Crippen molar-refractivity contribution in [2.75, 3.05) is 5.73 Å². The molecule has 0 unspecified atom stereocenters. The number of nitrogens with two attached hydrogens (primary N) is 1. The zero-order chi connectivity index (χ0) is 14.1. The molecule has 0 saturated carbocycles. The second-order valence-electron chi connectivity index (χ2n) is 4.15. The van der Waals surface area contributed by atoms with Crippen LogP contribution >= 0.6 is 11.6 Å². The maximum absolute atomic E-state index is 13.8. The van der Waals surface area contributed by atoms with Gasteiger partial charge in [-0.3, -0.25) is 0 Å². The molecular formula is C14H9ClFN3O. The zero-order valence-electron chi connectivity index (χ0n) is 10.2. The molecule has 0 aliphatic rings. The third kappa shape index (κ3) is 2.23. The first-order valence-electron chi connectivity index (χ1n) is 5.79. The van der Waals surface area contributed by atoms with E-state index in [0.29, 0.717) is 17.1 Å². The maximum atomic E-state index is 13.8. The smallest absolute Gasteiger partial charge is 0.262 e. The number of rotatable bonds is 2. The molecule has 0 spiro atoms. The van der Waals surface area contributed by atoms with Crippen LogP contribution in [0.4, 0.5) is 10.1 Å². The fraction of sp³-hybridized carbons (Fsp3) is 0. The lowest BCUT2D eigenvalue weighted by atomic mass is 10.2. The Morgan fingerprint density at radius 3 is 2.70 bits per heavy atom. The molecule has 0 radical (unpaired) electrons. The minimum absolute atomic E-state index is 0.0329. The van der Waals surface area contributed by atoms with E-state index in [2.05, 4.69) is 10.1 Å². The SMILES string of the molecule is Nc1cccc(-c2noc(-c3c(F)cccc3Cl)n2)c1. The van der Waals surface area contributed by atoms with Gasteiger partial charge in [0, 0.05) is 11.3 Å². The highest BCUT2D eigenvalue weighted by molar-refractivity contribution is 6.33. The summed E-state index contributed by atoms with van der Waals surface area (Å²) in [5.74, 6) is -0.155. The second-order valence-corrected chi connectivity index (χ2v) is 4.55. The Morgan fingerprint density at radius 1 is 1.15 bits per heavy atom. The standard InChI is InChI=1S/C14H9ClFN3O/c15-10-5-2-6-11(16)12(10)14-18-13(19-20-14)8-3-1-4-9(17)7-8/h1-7H,17H2. The van der Waals surface area contributed by atoms with Gasteiger partial charge in [0.1, 0.15) is 5.82 Å². The van der Waals surface area contributed by atoms with Crippen molar-refractivity contribution in [3.8, 4) is 22.8 Å². The number of hydrogen-bond donors (Lipinski definition) is 1. The summed E-state index contributed by atoms with van der Waals surface area (Å²) >= 11 is 5.96. The number of nitrogen functional groups attached to an aromatic ring is 1. The van der Waals surface area contributed by atoms with Gasteiger partial charge in [-0.1, -0.05) is 35.0 Å². The Labute approximate surface area is 119 Å². The molecule has 0 bridgehead atoms. The van der Waals surface area contributed by atoms with Crippen LogP contribution in [0.3, 0.4) is 0 Å². The molecule has 0 saturated heterocycles. The summed E-state index contributed by atoms with van der Waals surface area (Å²) in [6.45, 7) is 0. The minimum Gasteiger partial charge on any atom is -0.399 e. The van der Waals surface area contributed by atoms with Crippen molar-refractivity contribution in [2.24, 2.45) is 0 Å². The maximum Gasteiger partial charge on any atom is 0.262 e. The lowest BCUT2D eigenvalue weighted by molar-refractivity contribution is 0.430. The van der Waals surface area contributed by atoms with Crippen LogP contribution in [0, 0.1) is 5.82 Å². The first-order valence-corrected chi connectivity index (χ1v) is 6.17. The van der Waals surface area contributed by atoms with E-state index in [0.717, 1.165) is 0 Å². The number of anilines is 1. The van der Waals surface area contributed by atoms with Crippen molar-refractivity contribution in [1.82, 2.24) is 10.1 Å². The molecule has 0 atom stereocenters. The number of hydrogen-bond acceptors (Lipinski definition) is 4. The van der Waals surface area contributed by atoms with Crippen molar-refractivity contribution >= 4 is 17.3 Å². The third-order valence-electron chi connectivity index (χ3n) is 2.75. The van der Waals surface area contributed by atoms with Crippen LogP contribution in [0.15, 0.2) is 47.0 Å². The number of nitrogens with zero attached hydrogens (tertiary/aromatic N) is 2. The molecule has 2 aromatic carbocycles. The molecule has 0 amide bonds. The molecule has 2 N–H and O–H groups in total. The minimum atomic E-state index is -0.514. The van der Waals surface area contributed by atoms with Gasteiger partial charge in [-0.05, 0) is 24.3 Å². The quantitative estimate of drug-likeness (QED) is 0.729. The normalized spacial score (nSPS) is 10.7. The van der Waals surface area contributed by atoms with Crippen LogP contribution in [0.1, 0.15) is 0 Å². The van der Waals surface area contributed by atoms with Gasteiger partial charge >= 0.3 is 0 Å². The fourth-order valence-corrected chi connectivity index (χ4v) is 2.07. The largest absolute Gasteiger partial charge is 0.399 e. The monoisotopic (exact) mass is 289 g/mol. The molecule has 20 heavy (non-hydrogen) atoms. The van der Waals surface area contributed by atoms with E-state index in [1.807, 2.05) is 0 Å². The summed E-state index contributed by atoms with van der Waals surface area (Å²) in [6, 6.07) is 11.4. The summed E-state index contributed by atoms with van der Waals surface area (Å²) < 4.78 is 18.9. The molecule has 4 nitrogen and oxygen atoms in total. The molecule has 3 aromatic rings. The lowest BCUT2D eigenvalue weighted by Gasteiger charge is -1.99. The third-order valence-corrected chi connectivity index (χ3v) is 3.06. The van der Waals surface area contributed by atoms with Crippen LogP contribution in [0.25, 0.3) is 22.8 Å². The molecule has 6 heteroatoms. The number of aromatic nitrogens is 2. The first-order chi connectivity index (χ1) is 9.65. The van der Waals surface area contributed by atoms with Crippen molar-refractivity contribution in [1.29, 1.82) is 0 Å². The van der Waals surface area contributed by atoms with E-state index >= 15 is 0 Å². The Balaban J connectivity index is 2.07. The second kappa shape index (κ2) is 4.94. The summed E-state index contributed by atoms with van der Waals surface area (Å²) in [4.78, 5) is 4.16. The van der Waals surface area contributed by atoms with Crippen molar-refractivity contribution in [3.63, 3.8) is 0 Å². The van der Waals surface area contributed by atoms with Gasteiger partial charge < -0.3 is 10.3 Å². The van der Waals surface area contributed by atoms with Crippen molar-refractivity contribution in [3.05, 3.63) is 53.3 Å². The molecular weight excluding hydrogens is 281 g/mol. The molecule has 1 heterocycles. The predicted molar refractivity (Wildman–Crippen MR) is 74.6 cm³/mol. The topological polar surface area (TPSA) is 64.9 Å². The van der Waals surface area contributed by atoms with Gasteiger partial charge in [0.25, 0.3) is 5.89 Å². The molecule has 0 fully saturated rings. The summed E-state index contributed by atoms with van der Waals surface area (Å²) in [7, 11) is 0. The van der Waals surface area contributed by atoms with E-state index < -0.39 is 5.82 Å². The highest BCUT2D eigenvalue weighted by Crippen LogP contribution is 2.30. The zero-order valence-corrected chi connectivity index (χ0v) is 10.9. The van der Waals surface area contributed by atoms with Gasteiger partial charge in [-0.15, -0.1) is 0 Å². The first kappa shape index (κ1) is 12.6. The van der Waals surface area contributed by atoms with E-state index in [1.165, 1.54) is 12.1 Å². The Kier molecular flexibility index (Phi) is 3.12. The molecule has 1 aromatic heterocycles. The van der Waals surface area contributed by atoms with E-state index in [1.54, 1.807) is 30.3 Å². The highest BCUT2D eigenvalue weighted by Gasteiger charge is 2.17. The van der Waals surface area contributed by atoms with E-state index in [9.17, 15) is 4.39 Å². The average Bonchev–Trinajstić information content (AvgIpc) is 2.88. The number of benzene rings is 2. The van der Waals surface area contributed by atoms with Gasteiger partial charge in [-0.2, -0.15) is 4.98 Å². The van der Waals surface area contributed by atoms with Gasteiger partial charge in [0.05, 0.1) is 10.6 Å². The van der Waals surface area contributed by atoms with Crippen LogP contribution in [0.2, 0.25) is 5.02 Å². The van der Waals surface area contributed by atoms with Crippen LogP contribution < -0.4 is 5.73 Å². The predicted octanol–water partition coefficient (Wildman–Crippen LogP) is 3.78. The van der Waals surface area contributed by atoms with Gasteiger partial charge in [0.15, 0.2) is 0 Å². The lowest BCUT2D eigenvalue weighted by Crippen LogP contribution is -1.88. The average molecular weight is 290 g/mol.